The Morgan fingerprint density at radius 2 is 2.26 bits per heavy atom. The molecule has 6 heteroatoms. The monoisotopic (exact) mass is 537 g/mol. The van der Waals surface area contributed by atoms with Crippen LogP contribution in [0.15, 0.2) is 21.5 Å². The van der Waals surface area contributed by atoms with Gasteiger partial charge in [-0.25, -0.2) is 0 Å². The number of unbranched alkanes of at least 4 members (excludes halogenated alkanes) is 1. The van der Waals surface area contributed by atoms with Crippen LogP contribution < -0.4 is 2.71 Å². The number of halogens is 1. The SMILES string of the molecule is CCCCC1C[N]([Pb])c2cc(Br)c(O)cc2SN1C. The molecule has 0 bridgehead atoms. The second-order valence-corrected chi connectivity index (χ2v) is 8.97. The molecule has 1 unspecified atom stereocenters. The number of aromatic hydroxyl groups is 1. The summed E-state index contributed by atoms with van der Waals surface area (Å²) in [7, 11) is 2.16. The van der Waals surface area contributed by atoms with Crippen LogP contribution in [-0.2, 0) is 0 Å². The first-order chi connectivity index (χ1) is 9.02. The van der Waals surface area contributed by atoms with Gasteiger partial charge in [-0.1, -0.05) is 0 Å². The molecule has 1 aromatic rings. The van der Waals surface area contributed by atoms with Crippen LogP contribution in [0.25, 0.3) is 0 Å². The molecule has 0 saturated carbocycles. The molecule has 1 N–H and O–H groups in total. The van der Waals surface area contributed by atoms with Gasteiger partial charge in [-0.15, -0.1) is 0 Å². The molecular weight excluding hydrogens is 519 g/mol. The van der Waals surface area contributed by atoms with Crippen molar-refractivity contribution in [3.8, 4) is 5.75 Å². The van der Waals surface area contributed by atoms with Crippen molar-refractivity contribution in [3.05, 3.63) is 16.6 Å². The Hall–Kier alpha value is 0.532. The van der Waals surface area contributed by atoms with Gasteiger partial charge >= 0.3 is 145 Å². The van der Waals surface area contributed by atoms with E-state index >= 15 is 0 Å². The van der Waals surface area contributed by atoms with Gasteiger partial charge in [-0.3, -0.25) is 0 Å². The molecule has 0 saturated heterocycles. The van der Waals surface area contributed by atoms with Gasteiger partial charge in [0.25, 0.3) is 0 Å². The van der Waals surface area contributed by atoms with Crippen LogP contribution in [0.2, 0.25) is 0 Å². The zero-order chi connectivity index (χ0) is 14.0. The van der Waals surface area contributed by atoms with Gasteiger partial charge in [0.15, 0.2) is 0 Å². The zero-order valence-electron chi connectivity index (χ0n) is 11.2. The summed E-state index contributed by atoms with van der Waals surface area (Å²) in [6.07, 6.45) is 3.76. The molecule has 0 amide bonds. The van der Waals surface area contributed by atoms with Crippen LogP contribution >= 0.6 is 27.9 Å². The summed E-state index contributed by atoms with van der Waals surface area (Å²) in [5.41, 5.74) is 1.24. The fourth-order valence-electron chi connectivity index (χ4n) is 2.18. The van der Waals surface area contributed by atoms with E-state index in [4.69, 9.17) is 0 Å². The van der Waals surface area contributed by atoms with Gasteiger partial charge in [0.05, 0.1) is 0 Å². The number of hydrogen-bond acceptors (Lipinski definition) is 4. The number of fused-ring (bicyclic) bond motifs is 1. The van der Waals surface area contributed by atoms with Gasteiger partial charge in [0.1, 0.15) is 0 Å². The van der Waals surface area contributed by atoms with Crippen molar-refractivity contribution in [2.45, 2.75) is 37.1 Å². The molecule has 1 aliphatic rings. The van der Waals surface area contributed by atoms with E-state index in [1.54, 1.807) is 11.9 Å². The van der Waals surface area contributed by atoms with E-state index in [-0.39, 0.29) is 0 Å². The number of anilines is 1. The van der Waals surface area contributed by atoms with Crippen molar-refractivity contribution < 1.29 is 5.11 Å². The molecule has 0 fully saturated rings. The van der Waals surface area contributed by atoms with Crippen LogP contribution in [0, 0.1) is 0 Å². The number of rotatable bonds is 3. The van der Waals surface area contributed by atoms with E-state index in [1.807, 2.05) is 12.1 Å². The van der Waals surface area contributed by atoms with Gasteiger partial charge < -0.3 is 0 Å². The van der Waals surface area contributed by atoms with Crippen LogP contribution in [0.3, 0.4) is 0 Å². The Morgan fingerprint density at radius 1 is 1.53 bits per heavy atom. The van der Waals surface area contributed by atoms with Gasteiger partial charge in [-0.05, 0) is 0 Å². The third-order valence-corrected chi connectivity index (χ3v) is 6.75. The van der Waals surface area contributed by atoms with E-state index in [9.17, 15) is 5.11 Å². The molecular formula is C13H18BrN2OPbS. The molecule has 2 rings (SSSR count). The summed E-state index contributed by atoms with van der Waals surface area (Å²) in [4.78, 5) is 1.15. The van der Waals surface area contributed by atoms with Crippen LogP contribution in [0.1, 0.15) is 26.2 Å². The topological polar surface area (TPSA) is 26.7 Å². The summed E-state index contributed by atoms with van der Waals surface area (Å²) in [6, 6.07) is 4.49. The van der Waals surface area contributed by atoms with E-state index in [2.05, 4.69) is 36.9 Å². The Kier molecular flexibility index (Phi) is 5.86. The second kappa shape index (κ2) is 7.00. The van der Waals surface area contributed by atoms with Crippen molar-refractivity contribution in [2.24, 2.45) is 0 Å². The van der Waals surface area contributed by atoms with Gasteiger partial charge in [-0.2, -0.15) is 0 Å². The standard InChI is InChI=1S/C13H18BrN2OS.Pb/c1-3-4-5-9-8-15-11-6-10(14)12(17)7-13(11)18-16(9)2;/h6-7,9,17H,3-5,8H2,1-2H3;/q-1;+1. The predicted molar refractivity (Wildman–Crippen MR) is 85.8 cm³/mol. The Morgan fingerprint density at radius 3 is 2.95 bits per heavy atom. The molecule has 0 aromatic heterocycles. The normalized spacial score (nSPS) is 20.2. The number of phenols is 1. The summed E-state index contributed by atoms with van der Waals surface area (Å²) in [5, 5.41) is 9.86. The molecule has 0 spiro atoms. The Balaban J connectivity index is 2.26. The van der Waals surface area contributed by atoms with Crippen LogP contribution in [0.5, 0.6) is 5.75 Å². The quantitative estimate of drug-likeness (QED) is 0.472. The second-order valence-electron chi connectivity index (χ2n) is 4.82. The molecule has 1 atom stereocenters. The van der Waals surface area contributed by atoms with Crippen molar-refractivity contribution in [1.82, 2.24) is 4.31 Å². The minimum atomic E-state index is 0.321. The summed E-state index contributed by atoms with van der Waals surface area (Å²) in [5.74, 6) is 0.321. The summed E-state index contributed by atoms with van der Waals surface area (Å²) >= 11 is 6.17. The molecule has 1 heterocycles. The molecule has 3 nitrogen and oxygen atoms in total. The number of phenolic OH excluding ortho intramolecular Hbond substituents is 1. The van der Waals surface area contributed by atoms with E-state index in [0.717, 1.165) is 42.0 Å². The number of hydrogen-bond donors (Lipinski definition) is 1. The first-order valence-corrected chi connectivity index (χ1v) is 9.75. The molecule has 1 aliphatic heterocycles. The summed E-state index contributed by atoms with van der Waals surface area (Å²) in [6.45, 7) is 3.33. The third kappa shape index (κ3) is 3.80. The zero-order valence-corrected chi connectivity index (χ0v) is 17.5. The van der Waals surface area contributed by atoms with Gasteiger partial charge in [0, 0.05) is 0 Å². The fraction of sp³-hybridized carbons (Fsp3) is 0.538. The summed E-state index contributed by atoms with van der Waals surface area (Å²) < 4.78 is 5.55. The molecule has 3 radical (unpaired) electrons. The van der Waals surface area contributed by atoms with E-state index in [1.165, 1.54) is 24.9 Å². The van der Waals surface area contributed by atoms with Crippen LogP contribution in [-0.4, -0.2) is 55.1 Å². The van der Waals surface area contributed by atoms with E-state index in [0.29, 0.717) is 11.8 Å². The Labute approximate surface area is 144 Å². The maximum atomic E-state index is 9.86. The Bertz CT molecular complexity index is 461. The number of nitrogens with zero attached hydrogens (tertiary/aromatic N) is 2. The molecule has 19 heavy (non-hydrogen) atoms. The molecule has 0 aliphatic carbocycles. The van der Waals surface area contributed by atoms with Crippen molar-refractivity contribution in [1.29, 1.82) is 0 Å². The number of benzene rings is 1. The molecule has 1 aromatic carbocycles. The van der Waals surface area contributed by atoms with Crippen molar-refractivity contribution in [3.63, 3.8) is 0 Å². The first kappa shape index (κ1) is 15.9. The predicted octanol–water partition coefficient (Wildman–Crippen LogP) is 3.56. The average molecular weight is 537 g/mol. The first-order valence-electron chi connectivity index (χ1n) is 6.45. The maximum absolute atomic E-state index is 9.86. The third-order valence-electron chi connectivity index (χ3n) is 3.36. The van der Waals surface area contributed by atoms with Crippen LogP contribution in [0.4, 0.5) is 5.69 Å². The van der Waals surface area contributed by atoms with Gasteiger partial charge in [0.2, 0.25) is 0 Å². The van der Waals surface area contributed by atoms with E-state index < -0.39 is 0 Å². The van der Waals surface area contributed by atoms with Crippen molar-refractivity contribution in [2.75, 3.05) is 16.3 Å². The molecule has 103 valence electrons. The van der Waals surface area contributed by atoms with Crippen molar-refractivity contribution >= 4 is 59.6 Å². The number of likely N-dealkylation sites (N-methyl/N-ethyl adjacent to an activating group) is 1. The average Bonchev–Trinajstić information content (AvgIpc) is 2.47. The fourth-order valence-corrected chi connectivity index (χ4v) is 5.43. The minimum absolute atomic E-state index is 0.321.